The van der Waals surface area contributed by atoms with Crippen LogP contribution in [0.4, 0.5) is 0 Å². The van der Waals surface area contributed by atoms with Crippen molar-refractivity contribution in [2.75, 3.05) is 7.05 Å². The van der Waals surface area contributed by atoms with Gasteiger partial charge in [0, 0.05) is 12.6 Å². The Morgan fingerprint density at radius 2 is 1.52 bits per heavy atom. The summed E-state index contributed by atoms with van der Waals surface area (Å²) in [6.45, 7) is 0.756. The van der Waals surface area contributed by atoms with Crippen molar-refractivity contribution in [3.05, 3.63) is 71.8 Å². The molecule has 0 aliphatic heterocycles. The number of nitrogens with zero attached hydrogens (tertiary/aromatic N) is 1. The molecule has 21 heavy (non-hydrogen) atoms. The molecule has 0 aromatic heterocycles. The fourth-order valence-corrected chi connectivity index (χ4v) is 2.47. The minimum Gasteiger partial charge on any atom is -0.481 e. The smallest absolute Gasteiger partial charge is 0.304 e. The second-order valence-electron chi connectivity index (χ2n) is 5.34. The van der Waals surface area contributed by atoms with Crippen LogP contribution in [-0.2, 0) is 17.8 Å². The number of hydrogen-bond acceptors (Lipinski definition) is 2. The highest BCUT2D eigenvalue weighted by Crippen LogP contribution is 2.14. The van der Waals surface area contributed by atoms with E-state index in [0.29, 0.717) is 0 Å². The fraction of sp³-hybridized carbons (Fsp3) is 0.278. The molecule has 0 saturated heterocycles. The summed E-state index contributed by atoms with van der Waals surface area (Å²) in [4.78, 5) is 13.3. The molecule has 0 fully saturated rings. The van der Waals surface area contributed by atoms with Gasteiger partial charge in [0.1, 0.15) is 0 Å². The van der Waals surface area contributed by atoms with E-state index in [9.17, 15) is 4.79 Å². The molecule has 3 nitrogen and oxygen atoms in total. The lowest BCUT2D eigenvalue weighted by Gasteiger charge is -2.27. The Morgan fingerprint density at radius 1 is 1.00 bits per heavy atom. The van der Waals surface area contributed by atoms with Crippen LogP contribution in [0.2, 0.25) is 0 Å². The van der Waals surface area contributed by atoms with Crippen molar-refractivity contribution < 1.29 is 9.90 Å². The molecule has 2 aromatic rings. The standard InChI is InChI=1S/C18H21NO2/c1-19(14-16-10-6-3-7-11-16)17(13-18(20)21)12-15-8-4-2-5-9-15/h2-11,17H,12-14H2,1H3,(H,20,21). The quantitative estimate of drug-likeness (QED) is 0.848. The molecule has 0 heterocycles. The summed E-state index contributed by atoms with van der Waals surface area (Å²) in [5.74, 6) is -0.754. The van der Waals surface area contributed by atoms with Crippen LogP contribution in [0.1, 0.15) is 17.5 Å². The largest absolute Gasteiger partial charge is 0.481 e. The van der Waals surface area contributed by atoms with Crippen LogP contribution in [0.25, 0.3) is 0 Å². The molecule has 0 aliphatic rings. The monoisotopic (exact) mass is 283 g/mol. The van der Waals surface area contributed by atoms with E-state index in [2.05, 4.69) is 17.0 Å². The van der Waals surface area contributed by atoms with Crippen molar-refractivity contribution in [3.63, 3.8) is 0 Å². The van der Waals surface area contributed by atoms with Crippen LogP contribution in [-0.4, -0.2) is 29.1 Å². The van der Waals surface area contributed by atoms with Crippen molar-refractivity contribution in [2.24, 2.45) is 0 Å². The molecular formula is C18H21NO2. The topological polar surface area (TPSA) is 40.5 Å². The van der Waals surface area contributed by atoms with Crippen LogP contribution in [0.15, 0.2) is 60.7 Å². The maximum Gasteiger partial charge on any atom is 0.304 e. The second kappa shape index (κ2) is 7.60. The highest BCUT2D eigenvalue weighted by molar-refractivity contribution is 5.67. The van der Waals surface area contributed by atoms with Crippen LogP contribution in [0.3, 0.4) is 0 Å². The fourth-order valence-electron chi connectivity index (χ4n) is 2.47. The average molecular weight is 283 g/mol. The van der Waals surface area contributed by atoms with Gasteiger partial charge in [0.05, 0.1) is 6.42 Å². The maximum atomic E-state index is 11.1. The number of carbonyl (C=O) groups is 1. The molecule has 110 valence electrons. The number of benzene rings is 2. The first-order chi connectivity index (χ1) is 10.1. The number of carboxylic acid groups (broad SMARTS) is 1. The predicted molar refractivity (Wildman–Crippen MR) is 84.1 cm³/mol. The average Bonchev–Trinajstić information content (AvgIpc) is 2.48. The van der Waals surface area contributed by atoms with E-state index in [1.54, 1.807) is 0 Å². The minimum absolute atomic E-state index is 0.00916. The van der Waals surface area contributed by atoms with Gasteiger partial charge in [-0.3, -0.25) is 9.69 Å². The zero-order valence-corrected chi connectivity index (χ0v) is 12.3. The van der Waals surface area contributed by atoms with Crippen molar-refractivity contribution >= 4 is 5.97 Å². The van der Waals surface area contributed by atoms with E-state index in [1.165, 1.54) is 11.1 Å². The zero-order valence-electron chi connectivity index (χ0n) is 12.3. The lowest BCUT2D eigenvalue weighted by atomic mass is 10.0. The lowest BCUT2D eigenvalue weighted by Crippen LogP contribution is -2.35. The van der Waals surface area contributed by atoms with E-state index < -0.39 is 5.97 Å². The summed E-state index contributed by atoms with van der Waals surface area (Å²) in [5, 5.41) is 9.15. The number of rotatable bonds is 7. The Kier molecular flexibility index (Phi) is 5.52. The zero-order chi connectivity index (χ0) is 15.1. The molecule has 2 rings (SSSR count). The highest BCUT2D eigenvalue weighted by atomic mass is 16.4. The lowest BCUT2D eigenvalue weighted by molar-refractivity contribution is -0.138. The molecule has 1 unspecified atom stereocenters. The number of carboxylic acids is 1. The highest BCUT2D eigenvalue weighted by Gasteiger charge is 2.19. The van der Waals surface area contributed by atoms with Gasteiger partial charge in [0.2, 0.25) is 0 Å². The molecule has 0 bridgehead atoms. The first kappa shape index (κ1) is 15.3. The number of hydrogen-bond donors (Lipinski definition) is 1. The predicted octanol–water partition coefficient (Wildman–Crippen LogP) is 3.20. The van der Waals surface area contributed by atoms with E-state index in [-0.39, 0.29) is 12.5 Å². The number of aliphatic carboxylic acids is 1. The van der Waals surface area contributed by atoms with Gasteiger partial charge in [-0.2, -0.15) is 0 Å². The van der Waals surface area contributed by atoms with Crippen molar-refractivity contribution in [2.45, 2.75) is 25.4 Å². The summed E-state index contributed by atoms with van der Waals surface area (Å²) < 4.78 is 0. The molecule has 0 spiro atoms. The molecule has 1 N–H and O–H groups in total. The summed E-state index contributed by atoms with van der Waals surface area (Å²) in [6.07, 6.45) is 0.898. The van der Waals surface area contributed by atoms with Crippen molar-refractivity contribution in [1.29, 1.82) is 0 Å². The number of likely N-dealkylation sites (N-methyl/N-ethyl adjacent to an activating group) is 1. The Hall–Kier alpha value is -2.13. The third-order valence-corrected chi connectivity index (χ3v) is 3.62. The maximum absolute atomic E-state index is 11.1. The Labute approximate surface area is 125 Å². The first-order valence-corrected chi connectivity index (χ1v) is 7.15. The molecular weight excluding hydrogens is 262 g/mol. The van der Waals surface area contributed by atoms with E-state index in [4.69, 9.17) is 5.11 Å². The Morgan fingerprint density at radius 3 is 2.05 bits per heavy atom. The summed E-state index contributed by atoms with van der Waals surface area (Å²) in [7, 11) is 1.99. The van der Waals surface area contributed by atoms with Gasteiger partial charge in [0.25, 0.3) is 0 Å². The summed E-state index contributed by atoms with van der Waals surface area (Å²) >= 11 is 0. The van der Waals surface area contributed by atoms with E-state index >= 15 is 0 Å². The van der Waals surface area contributed by atoms with Gasteiger partial charge < -0.3 is 5.11 Å². The normalized spacial score (nSPS) is 12.3. The van der Waals surface area contributed by atoms with Gasteiger partial charge in [-0.15, -0.1) is 0 Å². The summed E-state index contributed by atoms with van der Waals surface area (Å²) in [5.41, 5.74) is 2.37. The Balaban J connectivity index is 2.06. The first-order valence-electron chi connectivity index (χ1n) is 7.15. The van der Waals surface area contributed by atoms with Gasteiger partial charge in [-0.1, -0.05) is 60.7 Å². The van der Waals surface area contributed by atoms with Gasteiger partial charge >= 0.3 is 5.97 Å². The third kappa shape index (κ3) is 5.04. The third-order valence-electron chi connectivity index (χ3n) is 3.62. The van der Waals surface area contributed by atoms with Crippen LogP contribution < -0.4 is 0 Å². The van der Waals surface area contributed by atoms with Gasteiger partial charge in [-0.25, -0.2) is 0 Å². The van der Waals surface area contributed by atoms with E-state index in [0.717, 1.165) is 13.0 Å². The van der Waals surface area contributed by atoms with Gasteiger partial charge in [-0.05, 0) is 24.6 Å². The SMILES string of the molecule is CN(Cc1ccccc1)C(CC(=O)O)Cc1ccccc1. The molecule has 0 saturated carbocycles. The van der Waals surface area contributed by atoms with E-state index in [1.807, 2.05) is 55.6 Å². The molecule has 0 radical (unpaired) electrons. The molecule has 3 heteroatoms. The molecule has 0 amide bonds. The van der Waals surface area contributed by atoms with Crippen LogP contribution in [0, 0.1) is 0 Å². The van der Waals surface area contributed by atoms with Crippen molar-refractivity contribution in [3.8, 4) is 0 Å². The molecule has 0 aliphatic carbocycles. The summed E-state index contributed by atoms with van der Waals surface area (Å²) in [6, 6.07) is 20.2. The minimum atomic E-state index is -0.754. The molecule has 1 atom stereocenters. The van der Waals surface area contributed by atoms with Gasteiger partial charge in [0.15, 0.2) is 0 Å². The van der Waals surface area contributed by atoms with Crippen LogP contribution in [0.5, 0.6) is 0 Å². The Bertz CT molecular complexity index is 554. The van der Waals surface area contributed by atoms with Crippen molar-refractivity contribution in [1.82, 2.24) is 4.90 Å². The molecule has 2 aromatic carbocycles. The second-order valence-corrected chi connectivity index (χ2v) is 5.34. The van der Waals surface area contributed by atoms with Crippen LogP contribution >= 0.6 is 0 Å².